The molecule has 8 nitrogen and oxygen atoms in total. The van der Waals surface area contributed by atoms with Crippen molar-refractivity contribution in [1.82, 2.24) is 0 Å². The summed E-state index contributed by atoms with van der Waals surface area (Å²) in [5.74, 6) is 10.8. The number of hydrogen-bond donors (Lipinski definition) is 0. The van der Waals surface area contributed by atoms with Crippen LogP contribution in [0.1, 0.15) is 0 Å². The van der Waals surface area contributed by atoms with Gasteiger partial charge in [-0.25, -0.2) is 0 Å². The molecule has 16 bridgehead atoms. The summed E-state index contributed by atoms with van der Waals surface area (Å²) >= 11 is 28.8. The molecule has 22 heterocycles. The van der Waals surface area contributed by atoms with Gasteiger partial charge in [0.25, 0.3) is 0 Å². The van der Waals surface area contributed by atoms with Crippen molar-refractivity contribution in [3.63, 3.8) is 0 Å². The zero-order chi connectivity index (χ0) is 44.7. The smallest absolute Gasteiger partial charge is 0.180 e. The van der Waals surface area contributed by atoms with Crippen LogP contribution < -0.4 is 37.9 Å². The predicted octanol–water partition coefficient (Wildman–Crippen LogP) is 18.3. The maximum atomic E-state index is 6.05. The molecule has 0 saturated carbocycles. The van der Waals surface area contributed by atoms with E-state index in [0.29, 0.717) is 92.0 Å². The number of benzene rings is 8. The first-order valence-corrected chi connectivity index (χ1v) is 21.8. The van der Waals surface area contributed by atoms with Crippen molar-refractivity contribution in [2.75, 3.05) is 0 Å². The van der Waals surface area contributed by atoms with Crippen LogP contribution >= 0.6 is 69.6 Å². The molecule has 14 heteroatoms. The largest absolute Gasteiger partial charge is 0.457 e. The van der Waals surface area contributed by atoms with Gasteiger partial charge in [-0.05, 0) is 194 Å². The van der Waals surface area contributed by atoms with Crippen LogP contribution in [-0.4, -0.2) is 8.59 Å². The lowest BCUT2D eigenvalue weighted by molar-refractivity contribution is 0.457. The lowest BCUT2D eigenvalue weighted by Gasteiger charge is -2.12. The normalized spacial score (nSPS) is 11.6. The minimum atomic E-state index is -0.750. The third-order valence-electron chi connectivity index (χ3n) is 8.48. The van der Waals surface area contributed by atoms with Gasteiger partial charge in [0, 0.05) is 0 Å². The minimum absolute atomic E-state index is 0.677. The van der Waals surface area contributed by atoms with E-state index in [0.717, 1.165) is 0 Å². The Bertz CT molecular complexity index is 1910. The summed E-state index contributed by atoms with van der Waals surface area (Å²) < 4.78 is 46.9. The highest BCUT2D eigenvalue weighted by atomic mass is 35.6. The Balaban J connectivity index is 0.000000709. The molecule has 0 unspecified atom stereocenters. The maximum absolute atomic E-state index is 6.05. The molecule has 0 saturated heterocycles. The second-order valence-electron chi connectivity index (χ2n) is 13.1. The quantitative estimate of drug-likeness (QED) is 0.139. The molecule has 0 atom stereocenters. The second kappa shape index (κ2) is 23.0. The Kier molecular flexibility index (Phi) is 16.5. The first-order chi connectivity index (χ1) is 31.1. The molecule has 0 radical (unpaired) electrons. The van der Waals surface area contributed by atoms with Crippen molar-refractivity contribution in [3.05, 3.63) is 194 Å². The van der Waals surface area contributed by atoms with Gasteiger partial charge in [0.15, 0.2) is 8.59 Å². The average molecular weight is 976 g/mol. The SMILES string of the molecule is ClC(Cl)Cl.ClC(Cl)Cl.c1cc2ccc1Oc1ccc(cc1)Oc1ccc(cc1)Oc1ccc(cc1)Oc1ccc(cc1)Oc1ccc(cc1)Oc1ccc(cc1)Oc1ccc(cc1)O2. The van der Waals surface area contributed by atoms with Crippen LogP contribution in [0, 0.1) is 0 Å². The predicted molar refractivity (Wildman–Crippen MR) is 255 cm³/mol. The summed E-state index contributed by atoms with van der Waals surface area (Å²) in [6, 6.07) is 59.4. The molecule has 30 rings (SSSR count). The van der Waals surface area contributed by atoms with Gasteiger partial charge in [-0.15, -0.1) is 0 Å². The van der Waals surface area contributed by atoms with Gasteiger partial charge in [-0.3, -0.25) is 0 Å². The topological polar surface area (TPSA) is 73.8 Å². The Labute approximate surface area is 399 Å². The van der Waals surface area contributed by atoms with Crippen molar-refractivity contribution in [3.8, 4) is 92.0 Å². The van der Waals surface area contributed by atoms with E-state index in [1.54, 1.807) is 0 Å². The number of rotatable bonds is 0. The highest BCUT2D eigenvalue weighted by molar-refractivity contribution is 6.63. The molecule has 8 aromatic carbocycles. The number of hydrogen-bond acceptors (Lipinski definition) is 8. The van der Waals surface area contributed by atoms with E-state index in [9.17, 15) is 0 Å². The van der Waals surface area contributed by atoms with Gasteiger partial charge in [-0.2, -0.15) is 0 Å². The Morgan fingerprint density at radius 2 is 0.203 bits per heavy atom. The summed E-state index contributed by atoms with van der Waals surface area (Å²) in [4.78, 5) is 0. The van der Waals surface area contributed by atoms with Crippen molar-refractivity contribution < 1.29 is 37.9 Å². The van der Waals surface area contributed by atoms with Crippen LogP contribution in [0.5, 0.6) is 92.0 Å². The van der Waals surface area contributed by atoms with Gasteiger partial charge in [0.1, 0.15) is 92.0 Å². The molecule has 0 aliphatic carbocycles. The van der Waals surface area contributed by atoms with Crippen molar-refractivity contribution in [2.45, 2.75) is 8.59 Å². The monoisotopic (exact) mass is 972 g/mol. The molecule has 0 N–H and O–H groups in total. The zero-order valence-electron chi connectivity index (χ0n) is 33.2. The third kappa shape index (κ3) is 15.0. The van der Waals surface area contributed by atoms with Crippen molar-refractivity contribution in [1.29, 1.82) is 0 Å². The van der Waals surface area contributed by atoms with Crippen LogP contribution in [0.3, 0.4) is 0 Å². The van der Waals surface area contributed by atoms with Crippen molar-refractivity contribution >= 4 is 69.6 Å². The summed E-state index contributed by atoms with van der Waals surface area (Å²) in [7, 11) is 0. The molecule has 0 spiro atoms. The summed E-state index contributed by atoms with van der Waals surface area (Å²) in [6.07, 6.45) is 0. The lowest BCUT2D eigenvalue weighted by Crippen LogP contribution is -1.89. The fourth-order valence-corrected chi connectivity index (χ4v) is 5.69. The van der Waals surface area contributed by atoms with Gasteiger partial charge < -0.3 is 37.9 Å². The van der Waals surface area contributed by atoms with E-state index in [-0.39, 0.29) is 0 Å². The van der Waals surface area contributed by atoms with Crippen molar-refractivity contribution in [2.24, 2.45) is 0 Å². The highest BCUT2D eigenvalue weighted by Gasteiger charge is 2.08. The molecule has 324 valence electrons. The third-order valence-corrected chi connectivity index (χ3v) is 8.48. The van der Waals surface area contributed by atoms with E-state index >= 15 is 0 Å². The van der Waals surface area contributed by atoms with Gasteiger partial charge in [0.05, 0.1) is 0 Å². The summed E-state index contributed by atoms with van der Waals surface area (Å²) in [6.45, 7) is 0. The summed E-state index contributed by atoms with van der Waals surface area (Å²) in [5, 5.41) is 0. The Morgan fingerprint density at radius 3 is 0.250 bits per heavy atom. The van der Waals surface area contributed by atoms with Crippen LogP contribution in [-0.2, 0) is 0 Å². The van der Waals surface area contributed by atoms with E-state index in [4.69, 9.17) is 108 Å². The van der Waals surface area contributed by atoms with E-state index < -0.39 is 8.59 Å². The average Bonchev–Trinajstić information content (AvgIpc) is 3.28. The molecule has 64 heavy (non-hydrogen) atoms. The molecular formula is C50H34Cl6O8. The van der Waals surface area contributed by atoms with Gasteiger partial charge >= 0.3 is 0 Å². The molecule has 22 aliphatic rings. The minimum Gasteiger partial charge on any atom is -0.457 e. The second-order valence-corrected chi connectivity index (χ2v) is 17.0. The first kappa shape index (κ1) is 45.9. The standard InChI is InChI=1S/C48H32O8.2CHCl3/c1-2-34-4-3-33(1)49-35-5-7-37(8-6-35)51-39-13-15-41(16-14-39)53-43-21-23-45(24-22-43)55-47-29-31-48(32-30-47)56-46-27-25-44(26-28-46)54-42-19-17-40(18-20-42)52-38-11-9-36(50-34)10-12-38;2*2-1(3)4/h1-32H;2*1H. The molecule has 8 aromatic rings. The first-order valence-electron chi connectivity index (χ1n) is 19.1. The zero-order valence-corrected chi connectivity index (χ0v) is 37.7. The molecule has 0 fully saturated rings. The van der Waals surface area contributed by atoms with E-state index in [2.05, 4.69) is 0 Å². The van der Waals surface area contributed by atoms with E-state index in [1.165, 1.54) is 0 Å². The van der Waals surface area contributed by atoms with Crippen LogP contribution in [0.4, 0.5) is 0 Å². The van der Waals surface area contributed by atoms with Gasteiger partial charge in [-0.1, -0.05) is 69.6 Å². The molecule has 0 amide bonds. The summed E-state index contributed by atoms with van der Waals surface area (Å²) in [5.41, 5.74) is 0. The number of ether oxygens (including phenoxy) is 8. The number of halogens is 6. The van der Waals surface area contributed by atoms with Crippen LogP contribution in [0.2, 0.25) is 0 Å². The fraction of sp³-hybridized carbons (Fsp3) is 0.0400. The fourth-order valence-electron chi connectivity index (χ4n) is 5.69. The highest BCUT2D eigenvalue weighted by Crippen LogP contribution is 2.34. The molecular weight excluding hydrogens is 941 g/mol. The van der Waals surface area contributed by atoms with Crippen LogP contribution in [0.25, 0.3) is 0 Å². The molecule has 0 aromatic heterocycles. The number of alkyl halides is 6. The Morgan fingerprint density at radius 1 is 0.156 bits per heavy atom. The van der Waals surface area contributed by atoms with E-state index in [1.807, 2.05) is 194 Å². The van der Waals surface area contributed by atoms with Crippen LogP contribution in [0.15, 0.2) is 194 Å². The van der Waals surface area contributed by atoms with Gasteiger partial charge in [0.2, 0.25) is 0 Å². The Hall–Kier alpha value is -6.10. The molecule has 22 aliphatic heterocycles. The maximum Gasteiger partial charge on any atom is 0.180 e. The lowest BCUT2D eigenvalue weighted by atomic mass is 10.3.